The molecular formula is C15H25NO2. The van der Waals surface area contributed by atoms with Gasteiger partial charge in [0, 0.05) is 6.54 Å². The molecule has 0 radical (unpaired) electrons. The smallest absolute Gasteiger partial charge is 0.161 e. The molecule has 1 aromatic rings. The molecule has 0 unspecified atom stereocenters. The SMILES string of the molecule is CCC(CC)COc1ccc(CNC)cc1OC. The topological polar surface area (TPSA) is 30.5 Å². The molecule has 0 saturated heterocycles. The second-order valence-corrected chi connectivity index (χ2v) is 4.51. The Morgan fingerprint density at radius 1 is 1.17 bits per heavy atom. The van der Waals surface area contributed by atoms with Gasteiger partial charge in [-0.15, -0.1) is 0 Å². The molecule has 0 bridgehead atoms. The summed E-state index contributed by atoms with van der Waals surface area (Å²) in [6.07, 6.45) is 2.30. The van der Waals surface area contributed by atoms with Gasteiger partial charge in [0.1, 0.15) is 0 Å². The molecule has 0 saturated carbocycles. The average molecular weight is 251 g/mol. The lowest BCUT2D eigenvalue weighted by Gasteiger charge is -2.16. The van der Waals surface area contributed by atoms with E-state index in [9.17, 15) is 0 Å². The van der Waals surface area contributed by atoms with E-state index in [2.05, 4.69) is 25.2 Å². The van der Waals surface area contributed by atoms with Crippen molar-refractivity contribution in [2.45, 2.75) is 33.2 Å². The molecule has 3 nitrogen and oxygen atoms in total. The molecule has 102 valence electrons. The Morgan fingerprint density at radius 3 is 2.44 bits per heavy atom. The molecule has 0 aromatic heterocycles. The molecule has 0 amide bonds. The first-order chi connectivity index (χ1) is 8.74. The Morgan fingerprint density at radius 2 is 1.89 bits per heavy atom. The number of benzene rings is 1. The van der Waals surface area contributed by atoms with Crippen molar-refractivity contribution in [3.05, 3.63) is 23.8 Å². The van der Waals surface area contributed by atoms with Gasteiger partial charge >= 0.3 is 0 Å². The minimum absolute atomic E-state index is 0.617. The third kappa shape index (κ3) is 4.22. The zero-order chi connectivity index (χ0) is 13.4. The molecule has 18 heavy (non-hydrogen) atoms. The summed E-state index contributed by atoms with van der Waals surface area (Å²) in [6, 6.07) is 6.09. The first kappa shape index (κ1) is 14.8. The average Bonchev–Trinajstić information content (AvgIpc) is 2.41. The molecule has 0 aliphatic rings. The van der Waals surface area contributed by atoms with Crippen LogP contribution in [0.25, 0.3) is 0 Å². The summed E-state index contributed by atoms with van der Waals surface area (Å²) in [6.45, 7) is 5.99. The fourth-order valence-electron chi connectivity index (χ4n) is 1.88. The van der Waals surface area contributed by atoms with E-state index >= 15 is 0 Å². The molecule has 1 N–H and O–H groups in total. The molecule has 3 heteroatoms. The largest absolute Gasteiger partial charge is 0.493 e. The summed E-state index contributed by atoms with van der Waals surface area (Å²) in [7, 11) is 3.62. The van der Waals surface area contributed by atoms with Crippen LogP contribution in [-0.2, 0) is 6.54 Å². The second-order valence-electron chi connectivity index (χ2n) is 4.51. The van der Waals surface area contributed by atoms with E-state index in [0.29, 0.717) is 5.92 Å². The first-order valence-corrected chi connectivity index (χ1v) is 6.69. The van der Waals surface area contributed by atoms with Gasteiger partial charge in [-0.25, -0.2) is 0 Å². The molecular weight excluding hydrogens is 226 g/mol. The number of rotatable bonds is 8. The minimum atomic E-state index is 0.617. The molecule has 0 aliphatic carbocycles. The minimum Gasteiger partial charge on any atom is -0.493 e. The molecule has 0 atom stereocenters. The standard InChI is InChI=1S/C15H25NO2/c1-5-12(6-2)11-18-14-8-7-13(10-16-3)9-15(14)17-4/h7-9,12,16H,5-6,10-11H2,1-4H3. The predicted octanol–water partition coefficient (Wildman–Crippen LogP) is 3.23. The molecule has 0 spiro atoms. The lowest BCUT2D eigenvalue weighted by Crippen LogP contribution is -2.11. The van der Waals surface area contributed by atoms with E-state index in [4.69, 9.17) is 9.47 Å². The summed E-state index contributed by atoms with van der Waals surface area (Å²) in [5.41, 5.74) is 1.20. The maximum atomic E-state index is 5.86. The molecule has 0 aliphatic heterocycles. The number of hydrogen-bond acceptors (Lipinski definition) is 3. The van der Waals surface area contributed by atoms with Gasteiger partial charge in [-0.05, 0) is 30.7 Å². The zero-order valence-electron chi connectivity index (χ0n) is 12.0. The van der Waals surface area contributed by atoms with Crippen molar-refractivity contribution >= 4 is 0 Å². The summed E-state index contributed by atoms with van der Waals surface area (Å²) < 4.78 is 11.2. The van der Waals surface area contributed by atoms with Crippen LogP contribution in [0.4, 0.5) is 0 Å². The predicted molar refractivity (Wildman–Crippen MR) is 75.3 cm³/mol. The maximum absolute atomic E-state index is 5.86. The van der Waals surface area contributed by atoms with Crippen molar-refractivity contribution in [3.8, 4) is 11.5 Å². The van der Waals surface area contributed by atoms with Gasteiger partial charge in [0.05, 0.1) is 13.7 Å². The van der Waals surface area contributed by atoms with Crippen molar-refractivity contribution in [2.75, 3.05) is 20.8 Å². The van der Waals surface area contributed by atoms with Crippen LogP contribution >= 0.6 is 0 Å². The Bertz CT molecular complexity index is 348. The van der Waals surface area contributed by atoms with Crippen LogP contribution in [0.15, 0.2) is 18.2 Å². The van der Waals surface area contributed by atoms with E-state index in [1.165, 1.54) is 5.56 Å². The summed E-state index contributed by atoms with van der Waals surface area (Å²) in [5.74, 6) is 2.27. The van der Waals surface area contributed by atoms with Gasteiger partial charge in [-0.2, -0.15) is 0 Å². The second kappa shape index (κ2) is 7.98. The first-order valence-electron chi connectivity index (χ1n) is 6.69. The van der Waals surface area contributed by atoms with Crippen molar-refractivity contribution in [1.29, 1.82) is 0 Å². The highest BCUT2D eigenvalue weighted by Crippen LogP contribution is 2.28. The van der Waals surface area contributed by atoms with Crippen molar-refractivity contribution in [1.82, 2.24) is 5.32 Å². The van der Waals surface area contributed by atoms with Gasteiger partial charge in [-0.3, -0.25) is 0 Å². The van der Waals surface area contributed by atoms with Gasteiger partial charge in [0.2, 0.25) is 0 Å². The lowest BCUT2D eigenvalue weighted by atomic mass is 10.1. The van der Waals surface area contributed by atoms with Crippen LogP contribution in [0.2, 0.25) is 0 Å². The lowest BCUT2D eigenvalue weighted by molar-refractivity contribution is 0.230. The summed E-state index contributed by atoms with van der Waals surface area (Å²) in [5, 5.41) is 3.13. The van der Waals surface area contributed by atoms with Gasteiger partial charge in [0.25, 0.3) is 0 Å². The molecule has 1 aromatic carbocycles. The van der Waals surface area contributed by atoms with E-state index in [0.717, 1.165) is 37.5 Å². The highest BCUT2D eigenvalue weighted by molar-refractivity contribution is 5.42. The summed E-state index contributed by atoms with van der Waals surface area (Å²) >= 11 is 0. The zero-order valence-corrected chi connectivity index (χ0v) is 12.0. The number of nitrogens with one attached hydrogen (secondary N) is 1. The Labute approximate surface area is 110 Å². The molecule has 1 rings (SSSR count). The van der Waals surface area contributed by atoms with Gasteiger partial charge in [0.15, 0.2) is 11.5 Å². The van der Waals surface area contributed by atoms with E-state index in [-0.39, 0.29) is 0 Å². The van der Waals surface area contributed by atoms with Crippen LogP contribution < -0.4 is 14.8 Å². The Balaban J connectivity index is 2.70. The van der Waals surface area contributed by atoms with E-state index < -0.39 is 0 Å². The Kier molecular flexibility index (Phi) is 6.58. The maximum Gasteiger partial charge on any atom is 0.161 e. The quantitative estimate of drug-likeness (QED) is 0.769. The molecule has 0 heterocycles. The third-order valence-electron chi connectivity index (χ3n) is 3.24. The third-order valence-corrected chi connectivity index (χ3v) is 3.24. The van der Waals surface area contributed by atoms with Crippen LogP contribution in [0, 0.1) is 5.92 Å². The van der Waals surface area contributed by atoms with E-state index in [1.54, 1.807) is 7.11 Å². The number of hydrogen-bond donors (Lipinski definition) is 1. The van der Waals surface area contributed by atoms with Gasteiger partial charge in [-0.1, -0.05) is 32.8 Å². The number of ether oxygens (including phenoxy) is 2. The highest BCUT2D eigenvalue weighted by atomic mass is 16.5. The highest BCUT2D eigenvalue weighted by Gasteiger charge is 2.09. The van der Waals surface area contributed by atoms with Crippen LogP contribution in [0.5, 0.6) is 11.5 Å². The fraction of sp³-hybridized carbons (Fsp3) is 0.600. The van der Waals surface area contributed by atoms with Crippen LogP contribution in [-0.4, -0.2) is 20.8 Å². The van der Waals surface area contributed by atoms with Gasteiger partial charge < -0.3 is 14.8 Å². The van der Waals surface area contributed by atoms with Crippen LogP contribution in [0.3, 0.4) is 0 Å². The van der Waals surface area contributed by atoms with E-state index in [1.807, 2.05) is 19.2 Å². The normalized spacial score (nSPS) is 10.7. The van der Waals surface area contributed by atoms with Crippen molar-refractivity contribution in [3.63, 3.8) is 0 Å². The van der Waals surface area contributed by atoms with Crippen LogP contribution in [0.1, 0.15) is 32.3 Å². The van der Waals surface area contributed by atoms with Crippen molar-refractivity contribution < 1.29 is 9.47 Å². The Hall–Kier alpha value is -1.22. The summed E-state index contributed by atoms with van der Waals surface area (Å²) in [4.78, 5) is 0. The number of methoxy groups -OCH3 is 1. The van der Waals surface area contributed by atoms with Crippen molar-refractivity contribution in [2.24, 2.45) is 5.92 Å². The fourth-order valence-corrected chi connectivity index (χ4v) is 1.88. The molecule has 0 fully saturated rings. The monoisotopic (exact) mass is 251 g/mol.